The second-order valence-corrected chi connectivity index (χ2v) is 5.60. The summed E-state index contributed by atoms with van der Waals surface area (Å²) in [6, 6.07) is 3.38. The van der Waals surface area contributed by atoms with Crippen molar-refractivity contribution in [3.05, 3.63) is 29.6 Å². The van der Waals surface area contributed by atoms with E-state index in [1.54, 1.807) is 4.90 Å². The molecular weight excluding hydrogens is 275 g/mol. The molecule has 0 bridgehead atoms. The SMILES string of the molecule is CC1CCN(C(=O)Nc2ccc(F)c(C(=O)O)c2)C(C)C1. The molecule has 2 rings (SSSR count). The fourth-order valence-corrected chi connectivity index (χ4v) is 2.67. The lowest BCUT2D eigenvalue weighted by Crippen LogP contribution is -2.46. The van der Waals surface area contributed by atoms with E-state index in [-0.39, 0.29) is 17.8 Å². The number of hydrogen-bond donors (Lipinski definition) is 2. The molecule has 0 aliphatic carbocycles. The number of aromatic carboxylic acids is 1. The fraction of sp³-hybridized carbons (Fsp3) is 0.467. The predicted molar refractivity (Wildman–Crippen MR) is 76.9 cm³/mol. The molecule has 5 nitrogen and oxygen atoms in total. The minimum Gasteiger partial charge on any atom is -0.478 e. The van der Waals surface area contributed by atoms with Crippen LogP contribution in [0.4, 0.5) is 14.9 Å². The number of carbonyl (C=O) groups excluding carboxylic acids is 1. The lowest BCUT2D eigenvalue weighted by Gasteiger charge is -2.36. The molecule has 2 N–H and O–H groups in total. The van der Waals surface area contributed by atoms with Crippen LogP contribution in [0.1, 0.15) is 37.0 Å². The van der Waals surface area contributed by atoms with Crippen molar-refractivity contribution in [1.29, 1.82) is 0 Å². The minimum absolute atomic E-state index is 0.133. The fourth-order valence-electron chi connectivity index (χ4n) is 2.67. The molecule has 21 heavy (non-hydrogen) atoms. The third-order valence-corrected chi connectivity index (χ3v) is 3.85. The van der Waals surface area contributed by atoms with Gasteiger partial charge in [0.25, 0.3) is 0 Å². The number of anilines is 1. The van der Waals surface area contributed by atoms with E-state index >= 15 is 0 Å². The number of nitrogens with zero attached hydrogens (tertiary/aromatic N) is 1. The Morgan fingerprint density at radius 1 is 1.38 bits per heavy atom. The first-order valence-corrected chi connectivity index (χ1v) is 6.99. The molecule has 1 aliphatic rings. The molecule has 114 valence electrons. The maximum atomic E-state index is 13.3. The van der Waals surface area contributed by atoms with E-state index in [4.69, 9.17) is 5.11 Å². The molecular formula is C15H19FN2O3. The monoisotopic (exact) mass is 294 g/mol. The minimum atomic E-state index is -1.36. The van der Waals surface area contributed by atoms with Crippen molar-refractivity contribution >= 4 is 17.7 Å². The van der Waals surface area contributed by atoms with Crippen LogP contribution in [-0.2, 0) is 0 Å². The Morgan fingerprint density at radius 2 is 2.10 bits per heavy atom. The van der Waals surface area contributed by atoms with Gasteiger partial charge in [-0.3, -0.25) is 0 Å². The molecule has 2 unspecified atom stereocenters. The zero-order valence-electron chi connectivity index (χ0n) is 12.1. The third-order valence-electron chi connectivity index (χ3n) is 3.85. The van der Waals surface area contributed by atoms with Crippen LogP contribution >= 0.6 is 0 Å². The summed E-state index contributed by atoms with van der Waals surface area (Å²) in [5.41, 5.74) is -0.169. The number of hydrogen-bond acceptors (Lipinski definition) is 2. The Balaban J connectivity index is 2.09. The van der Waals surface area contributed by atoms with E-state index in [1.165, 1.54) is 6.07 Å². The van der Waals surface area contributed by atoms with Crippen molar-refractivity contribution < 1.29 is 19.1 Å². The number of urea groups is 1. The van der Waals surface area contributed by atoms with Crippen LogP contribution in [0.2, 0.25) is 0 Å². The highest BCUT2D eigenvalue weighted by atomic mass is 19.1. The van der Waals surface area contributed by atoms with E-state index in [1.807, 2.05) is 6.92 Å². The zero-order valence-corrected chi connectivity index (χ0v) is 12.1. The molecule has 0 radical (unpaired) electrons. The largest absolute Gasteiger partial charge is 0.478 e. The summed E-state index contributed by atoms with van der Waals surface area (Å²) in [5, 5.41) is 11.5. The van der Waals surface area contributed by atoms with Crippen LogP contribution in [-0.4, -0.2) is 34.6 Å². The van der Waals surface area contributed by atoms with E-state index in [0.717, 1.165) is 25.0 Å². The Kier molecular flexibility index (Phi) is 4.45. The van der Waals surface area contributed by atoms with Crippen LogP contribution in [0.3, 0.4) is 0 Å². The first-order valence-electron chi connectivity index (χ1n) is 6.99. The molecule has 1 aliphatic heterocycles. The Morgan fingerprint density at radius 3 is 2.71 bits per heavy atom. The van der Waals surface area contributed by atoms with Gasteiger partial charge in [0.1, 0.15) is 5.82 Å². The van der Waals surface area contributed by atoms with Crippen LogP contribution in [0.5, 0.6) is 0 Å². The van der Waals surface area contributed by atoms with Crippen molar-refractivity contribution in [3.8, 4) is 0 Å². The number of amides is 2. The third kappa shape index (κ3) is 3.51. The molecule has 2 amide bonds. The van der Waals surface area contributed by atoms with Crippen molar-refractivity contribution in [1.82, 2.24) is 4.90 Å². The van der Waals surface area contributed by atoms with Gasteiger partial charge in [0.15, 0.2) is 0 Å². The van der Waals surface area contributed by atoms with Crippen molar-refractivity contribution in [2.24, 2.45) is 5.92 Å². The quantitative estimate of drug-likeness (QED) is 0.880. The highest BCUT2D eigenvalue weighted by Crippen LogP contribution is 2.23. The second kappa shape index (κ2) is 6.11. The van der Waals surface area contributed by atoms with Crippen LogP contribution < -0.4 is 5.32 Å². The van der Waals surface area contributed by atoms with Gasteiger partial charge in [-0.15, -0.1) is 0 Å². The van der Waals surface area contributed by atoms with E-state index in [9.17, 15) is 14.0 Å². The van der Waals surface area contributed by atoms with Crippen LogP contribution in [0.15, 0.2) is 18.2 Å². The molecule has 0 aromatic heterocycles. The van der Waals surface area contributed by atoms with Gasteiger partial charge in [-0.25, -0.2) is 14.0 Å². The average molecular weight is 294 g/mol. The van der Waals surface area contributed by atoms with E-state index < -0.39 is 17.3 Å². The smallest absolute Gasteiger partial charge is 0.338 e. The average Bonchev–Trinajstić information content (AvgIpc) is 2.40. The number of carbonyl (C=O) groups is 2. The second-order valence-electron chi connectivity index (χ2n) is 5.60. The Bertz CT molecular complexity index is 562. The summed E-state index contributed by atoms with van der Waals surface area (Å²) < 4.78 is 13.3. The molecule has 0 spiro atoms. The van der Waals surface area contributed by atoms with Crippen LogP contribution in [0, 0.1) is 11.7 Å². The normalized spacial score (nSPS) is 22.0. The molecule has 1 fully saturated rings. The summed E-state index contributed by atoms with van der Waals surface area (Å²) in [7, 11) is 0. The highest BCUT2D eigenvalue weighted by Gasteiger charge is 2.26. The summed E-state index contributed by atoms with van der Waals surface area (Å²) in [6.07, 6.45) is 1.89. The summed E-state index contributed by atoms with van der Waals surface area (Å²) in [5.74, 6) is -1.59. The molecule has 1 heterocycles. The van der Waals surface area contributed by atoms with E-state index in [0.29, 0.717) is 12.5 Å². The lowest BCUT2D eigenvalue weighted by molar-refractivity contribution is 0.0692. The first-order chi connectivity index (χ1) is 9.88. The van der Waals surface area contributed by atoms with Gasteiger partial charge in [0.05, 0.1) is 5.56 Å². The van der Waals surface area contributed by atoms with Crippen molar-refractivity contribution in [2.75, 3.05) is 11.9 Å². The molecule has 1 saturated heterocycles. The molecule has 0 saturated carbocycles. The summed E-state index contributed by atoms with van der Waals surface area (Å²) >= 11 is 0. The zero-order chi connectivity index (χ0) is 15.6. The maximum absolute atomic E-state index is 13.3. The van der Waals surface area contributed by atoms with Crippen molar-refractivity contribution in [3.63, 3.8) is 0 Å². The van der Waals surface area contributed by atoms with Gasteiger partial charge in [-0.1, -0.05) is 6.92 Å². The van der Waals surface area contributed by atoms with Crippen molar-refractivity contribution in [2.45, 2.75) is 32.7 Å². The number of piperidine rings is 1. The summed E-state index contributed by atoms with van der Waals surface area (Å²) in [4.78, 5) is 24.8. The van der Waals surface area contributed by atoms with Gasteiger partial charge in [-0.05, 0) is 43.9 Å². The molecule has 6 heteroatoms. The number of halogens is 1. The van der Waals surface area contributed by atoms with Gasteiger partial charge >= 0.3 is 12.0 Å². The topological polar surface area (TPSA) is 69.6 Å². The van der Waals surface area contributed by atoms with Gasteiger partial charge in [0.2, 0.25) is 0 Å². The maximum Gasteiger partial charge on any atom is 0.338 e. The number of nitrogens with one attached hydrogen (secondary N) is 1. The Labute approximate surface area is 122 Å². The first kappa shape index (κ1) is 15.3. The number of carboxylic acid groups (broad SMARTS) is 1. The lowest BCUT2D eigenvalue weighted by atomic mass is 9.94. The molecule has 2 atom stereocenters. The Hall–Kier alpha value is -2.11. The highest BCUT2D eigenvalue weighted by molar-refractivity contribution is 5.93. The van der Waals surface area contributed by atoms with Gasteiger partial charge < -0.3 is 15.3 Å². The standard InChI is InChI=1S/C15H19FN2O3/c1-9-5-6-18(10(2)7-9)15(21)17-11-3-4-13(16)12(8-11)14(19)20/h3-4,8-10H,5-7H2,1-2H3,(H,17,21)(H,19,20). The van der Waals surface area contributed by atoms with Gasteiger partial charge in [-0.2, -0.15) is 0 Å². The molecule has 1 aromatic rings. The van der Waals surface area contributed by atoms with Crippen LogP contribution in [0.25, 0.3) is 0 Å². The number of carboxylic acids is 1. The number of likely N-dealkylation sites (tertiary alicyclic amines) is 1. The van der Waals surface area contributed by atoms with Gasteiger partial charge in [0, 0.05) is 18.3 Å². The predicted octanol–water partition coefficient (Wildman–Crippen LogP) is 3.18. The molecule has 1 aromatic carbocycles. The summed E-state index contributed by atoms with van der Waals surface area (Å²) in [6.45, 7) is 4.81. The number of benzene rings is 1. The number of rotatable bonds is 2. The van der Waals surface area contributed by atoms with E-state index in [2.05, 4.69) is 12.2 Å².